The number of carbonyl (C=O) groups is 2. The third kappa shape index (κ3) is 3.43. The van der Waals surface area contributed by atoms with Crippen molar-refractivity contribution < 1.29 is 18.4 Å². The van der Waals surface area contributed by atoms with Crippen LogP contribution in [-0.4, -0.2) is 11.8 Å². The van der Waals surface area contributed by atoms with Crippen LogP contribution in [0, 0.1) is 23.0 Å². The molecule has 2 aromatic carbocycles. The lowest BCUT2D eigenvalue weighted by Gasteiger charge is -2.08. The number of hydrogen-bond donors (Lipinski definition) is 2. The molecule has 0 aliphatic rings. The molecular formula is C15H9F2N3O2. The first-order valence-electron chi connectivity index (χ1n) is 6.08. The number of nitrogens with zero attached hydrogens (tertiary/aromatic N) is 1. The molecule has 0 unspecified atom stereocenters. The topological polar surface area (TPSA) is 82.0 Å². The number of para-hydroxylation sites is 1. The third-order valence-electron chi connectivity index (χ3n) is 2.68. The summed E-state index contributed by atoms with van der Waals surface area (Å²) in [6.07, 6.45) is 0. The van der Waals surface area contributed by atoms with Crippen molar-refractivity contribution in [1.29, 1.82) is 5.26 Å². The normalized spacial score (nSPS) is 9.68. The Morgan fingerprint density at radius 3 is 2.27 bits per heavy atom. The van der Waals surface area contributed by atoms with E-state index in [1.165, 1.54) is 12.1 Å². The summed E-state index contributed by atoms with van der Waals surface area (Å²) in [6.45, 7) is 0. The Morgan fingerprint density at radius 2 is 1.59 bits per heavy atom. The molecule has 0 fully saturated rings. The average Bonchev–Trinajstić information content (AvgIpc) is 2.51. The number of halogens is 2. The van der Waals surface area contributed by atoms with Crippen molar-refractivity contribution in [1.82, 2.24) is 0 Å². The van der Waals surface area contributed by atoms with Crippen molar-refractivity contribution in [3.05, 3.63) is 59.7 Å². The van der Waals surface area contributed by atoms with Crippen LogP contribution >= 0.6 is 0 Å². The van der Waals surface area contributed by atoms with E-state index in [1.54, 1.807) is 12.1 Å². The van der Waals surface area contributed by atoms with E-state index in [4.69, 9.17) is 5.26 Å². The van der Waals surface area contributed by atoms with Crippen molar-refractivity contribution in [3.8, 4) is 6.07 Å². The van der Waals surface area contributed by atoms with Crippen LogP contribution < -0.4 is 10.6 Å². The number of carbonyl (C=O) groups excluding carboxylic acids is 2. The molecule has 2 aromatic rings. The van der Waals surface area contributed by atoms with Crippen molar-refractivity contribution in [2.75, 3.05) is 10.6 Å². The number of rotatable bonds is 2. The average molecular weight is 301 g/mol. The summed E-state index contributed by atoms with van der Waals surface area (Å²) in [7, 11) is 0. The van der Waals surface area contributed by atoms with Gasteiger partial charge >= 0.3 is 11.8 Å². The molecule has 22 heavy (non-hydrogen) atoms. The van der Waals surface area contributed by atoms with Gasteiger partial charge in [0, 0.05) is 6.07 Å². The quantitative estimate of drug-likeness (QED) is 0.836. The predicted molar refractivity (Wildman–Crippen MR) is 74.8 cm³/mol. The molecule has 0 radical (unpaired) electrons. The fourth-order valence-corrected chi connectivity index (χ4v) is 1.64. The zero-order chi connectivity index (χ0) is 16.1. The first kappa shape index (κ1) is 15.1. The molecule has 2 amide bonds. The van der Waals surface area contributed by atoms with Crippen molar-refractivity contribution in [2.45, 2.75) is 0 Å². The van der Waals surface area contributed by atoms with Gasteiger partial charge in [-0.15, -0.1) is 0 Å². The molecule has 0 aliphatic carbocycles. The van der Waals surface area contributed by atoms with E-state index < -0.39 is 29.1 Å². The van der Waals surface area contributed by atoms with Crippen molar-refractivity contribution in [3.63, 3.8) is 0 Å². The molecule has 2 rings (SSSR count). The van der Waals surface area contributed by atoms with Crippen LogP contribution in [-0.2, 0) is 9.59 Å². The highest BCUT2D eigenvalue weighted by molar-refractivity contribution is 6.43. The zero-order valence-electron chi connectivity index (χ0n) is 11.1. The molecule has 0 aromatic heterocycles. The minimum absolute atomic E-state index is 0.143. The summed E-state index contributed by atoms with van der Waals surface area (Å²) in [5.41, 5.74) is -0.140. The lowest BCUT2D eigenvalue weighted by Crippen LogP contribution is -2.29. The largest absolute Gasteiger partial charge is 0.317 e. The fraction of sp³-hybridized carbons (Fsp3) is 0. The van der Waals surface area contributed by atoms with Crippen molar-refractivity contribution in [2.24, 2.45) is 0 Å². The van der Waals surface area contributed by atoms with E-state index in [1.807, 2.05) is 11.4 Å². The van der Waals surface area contributed by atoms with Gasteiger partial charge in [0.05, 0.1) is 16.9 Å². The number of hydrogen-bond acceptors (Lipinski definition) is 3. The maximum Gasteiger partial charge on any atom is 0.314 e. The Hall–Kier alpha value is -3.27. The van der Waals surface area contributed by atoms with E-state index in [2.05, 4.69) is 5.32 Å². The van der Waals surface area contributed by atoms with Crippen LogP contribution in [0.2, 0.25) is 0 Å². The summed E-state index contributed by atoms with van der Waals surface area (Å²) in [4.78, 5) is 23.4. The molecule has 0 bridgehead atoms. The second-order valence-electron chi connectivity index (χ2n) is 4.19. The number of nitrogens with one attached hydrogen (secondary N) is 2. The summed E-state index contributed by atoms with van der Waals surface area (Å²) >= 11 is 0. The van der Waals surface area contributed by atoms with Crippen LogP contribution in [0.15, 0.2) is 42.5 Å². The maximum absolute atomic E-state index is 13.4. The van der Waals surface area contributed by atoms with E-state index in [0.29, 0.717) is 0 Å². The van der Waals surface area contributed by atoms with Gasteiger partial charge in [0.1, 0.15) is 17.7 Å². The molecule has 0 spiro atoms. The molecule has 0 saturated carbocycles. The van der Waals surface area contributed by atoms with Crippen molar-refractivity contribution >= 4 is 23.2 Å². The van der Waals surface area contributed by atoms with Gasteiger partial charge < -0.3 is 10.6 Å². The lowest BCUT2D eigenvalue weighted by atomic mass is 10.2. The highest BCUT2D eigenvalue weighted by atomic mass is 19.1. The summed E-state index contributed by atoms with van der Waals surface area (Å²) in [6, 6.07) is 10.4. The molecule has 2 N–H and O–H groups in total. The number of benzene rings is 2. The molecule has 0 atom stereocenters. The van der Waals surface area contributed by atoms with Gasteiger partial charge in [-0.05, 0) is 24.3 Å². The van der Waals surface area contributed by atoms with Gasteiger partial charge in [-0.1, -0.05) is 12.1 Å². The molecule has 7 heteroatoms. The Kier molecular flexibility index (Phi) is 4.44. The van der Waals surface area contributed by atoms with Crippen LogP contribution in [0.5, 0.6) is 0 Å². The Balaban J connectivity index is 2.12. The summed E-state index contributed by atoms with van der Waals surface area (Å²) in [5.74, 6) is -3.92. The maximum atomic E-state index is 13.4. The Morgan fingerprint density at radius 1 is 0.955 bits per heavy atom. The minimum Gasteiger partial charge on any atom is -0.317 e. The standard InChI is InChI=1S/C15H9F2N3O2/c16-10-5-6-11(17)13(7-10)20-15(22)14(21)19-12-4-2-1-3-9(12)8-18/h1-7H,(H,19,21)(H,20,22). The van der Waals surface area contributed by atoms with Gasteiger partial charge in [-0.3, -0.25) is 9.59 Å². The lowest BCUT2D eigenvalue weighted by molar-refractivity contribution is -0.133. The molecular weight excluding hydrogens is 292 g/mol. The van der Waals surface area contributed by atoms with Gasteiger partial charge in [0.15, 0.2) is 0 Å². The monoisotopic (exact) mass is 301 g/mol. The SMILES string of the molecule is N#Cc1ccccc1NC(=O)C(=O)Nc1cc(F)ccc1F. The van der Waals surface area contributed by atoms with Crippen LogP contribution in [0.3, 0.4) is 0 Å². The molecule has 5 nitrogen and oxygen atoms in total. The zero-order valence-corrected chi connectivity index (χ0v) is 11.1. The number of amides is 2. The Bertz CT molecular complexity index is 785. The van der Waals surface area contributed by atoms with Crippen LogP contribution in [0.25, 0.3) is 0 Å². The predicted octanol–water partition coefficient (Wildman–Crippen LogP) is 2.41. The van der Waals surface area contributed by atoms with E-state index in [0.717, 1.165) is 18.2 Å². The van der Waals surface area contributed by atoms with Crippen LogP contribution in [0.1, 0.15) is 5.56 Å². The summed E-state index contributed by atoms with van der Waals surface area (Å²) < 4.78 is 26.4. The van der Waals surface area contributed by atoms with E-state index in [-0.39, 0.29) is 11.3 Å². The highest BCUT2D eigenvalue weighted by Gasteiger charge is 2.17. The minimum atomic E-state index is -1.18. The van der Waals surface area contributed by atoms with Crippen LogP contribution in [0.4, 0.5) is 20.2 Å². The molecule has 110 valence electrons. The highest BCUT2D eigenvalue weighted by Crippen LogP contribution is 2.16. The number of anilines is 2. The fourth-order valence-electron chi connectivity index (χ4n) is 1.64. The Labute approximate surface area is 124 Å². The van der Waals surface area contributed by atoms with Gasteiger partial charge in [-0.25, -0.2) is 8.78 Å². The first-order chi connectivity index (χ1) is 10.5. The molecule has 0 saturated heterocycles. The second kappa shape index (κ2) is 6.45. The first-order valence-corrected chi connectivity index (χ1v) is 6.08. The second-order valence-corrected chi connectivity index (χ2v) is 4.19. The van der Waals surface area contributed by atoms with Gasteiger partial charge in [0.25, 0.3) is 0 Å². The van der Waals surface area contributed by atoms with Gasteiger partial charge in [-0.2, -0.15) is 5.26 Å². The smallest absolute Gasteiger partial charge is 0.314 e. The molecule has 0 heterocycles. The number of nitriles is 1. The van der Waals surface area contributed by atoms with E-state index >= 15 is 0 Å². The third-order valence-corrected chi connectivity index (χ3v) is 2.68. The van der Waals surface area contributed by atoms with Gasteiger partial charge in [0.2, 0.25) is 0 Å². The molecule has 0 aliphatic heterocycles. The van der Waals surface area contributed by atoms with E-state index in [9.17, 15) is 18.4 Å². The summed E-state index contributed by atoms with van der Waals surface area (Å²) in [5, 5.41) is 13.1.